The molecule has 1 unspecified atom stereocenters. The number of aromatic nitrogens is 2. The fourth-order valence-electron chi connectivity index (χ4n) is 2.36. The van der Waals surface area contributed by atoms with Gasteiger partial charge in [0.25, 0.3) is 0 Å². The lowest BCUT2D eigenvalue weighted by Gasteiger charge is -2.17. The van der Waals surface area contributed by atoms with Crippen LogP contribution in [0.1, 0.15) is 44.5 Å². The number of imidazole rings is 1. The van der Waals surface area contributed by atoms with Crippen molar-refractivity contribution in [3.63, 3.8) is 0 Å². The third-order valence-electron chi connectivity index (χ3n) is 3.02. The molecular weight excluding hydrogens is 254 g/mol. The minimum Gasteiger partial charge on any atom is -0.328 e. The van der Waals surface area contributed by atoms with Crippen molar-refractivity contribution in [1.29, 1.82) is 0 Å². The summed E-state index contributed by atoms with van der Waals surface area (Å²) < 4.78 is 3.43. The van der Waals surface area contributed by atoms with E-state index in [0.29, 0.717) is 6.04 Å². The predicted molar refractivity (Wildman–Crippen MR) is 64.8 cm³/mol. The van der Waals surface area contributed by atoms with Crippen LogP contribution in [0, 0.1) is 0 Å². The lowest BCUT2D eigenvalue weighted by atomic mass is 10.2. The Morgan fingerprint density at radius 3 is 2.87 bits per heavy atom. The van der Waals surface area contributed by atoms with Crippen LogP contribution in [-0.2, 0) is 6.42 Å². The average Bonchev–Trinajstić information content (AvgIpc) is 2.74. The lowest BCUT2D eigenvalue weighted by Crippen LogP contribution is -2.21. The van der Waals surface area contributed by atoms with Gasteiger partial charge in [0.05, 0.1) is 6.20 Å². The molecule has 0 aromatic carbocycles. The number of halogens is 1. The largest absolute Gasteiger partial charge is 0.328 e. The van der Waals surface area contributed by atoms with Gasteiger partial charge in [0.1, 0.15) is 10.4 Å². The van der Waals surface area contributed by atoms with Crippen molar-refractivity contribution < 1.29 is 0 Å². The van der Waals surface area contributed by atoms with Gasteiger partial charge in [0.15, 0.2) is 0 Å². The molecule has 1 atom stereocenters. The molecule has 1 heterocycles. The minimum atomic E-state index is 0.180. The second-order valence-corrected chi connectivity index (χ2v) is 5.30. The van der Waals surface area contributed by atoms with Gasteiger partial charge in [0, 0.05) is 18.5 Å². The molecule has 1 aromatic rings. The molecule has 84 valence electrons. The summed E-state index contributed by atoms with van der Waals surface area (Å²) in [6.07, 6.45) is 8.00. The van der Waals surface area contributed by atoms with Crippen LogP contribution in [0.15, 0.2) is 10.8 Å². The zero-order valence-electron chi connectivity index (χ0n) is 9.12. The topological polar surface area (TPSA) is 43.8 Å². The average molecular weight is 272 g/mol. The quantitative estimate of drug-likeness (QED) is 0.919. The molecule has 0 amide bonds. The van der Waals surface area contributed by atoms with Crippen molar-refractivity contribution in [2.24, 2.45) is 5.73 Å². The van der Waals surface area contributed by atoms with Crippen molar-refractivity contribution in [2.75, 3.05) is 0 Å². The van der Waals surface area contributed by atoms with E-state index >= 15 is 0 Å². The number of nitrogens with zero attached hydrogens (tertiary/aromatic N) is 2. The van der Waals surface area contributed by atoms with E-state index in [9.17, 15) is 0 Å². The summed E-state index contributed by atoms with van der Waals surface area (Å²) in [5, 5.41) is 0. The van der Waals surface area contributed by atoms with Gasteiger partial charge in [-0.3, -0.25) is 0 Å². The molecule has 0 radical (unpaired) electrons. The monoisotopic (exact) mass is 271 g/mol. The molecule has 1 aromatic heterocycles. The van der Waals surface area contributed by atoms with Gasteiger partial charge in [-0.2, -0.15) is 0 Å². The summed E-state index contributed by atoms with van der Waals surface area (Å²) in [5.41, 5.74) is 5.83. The van der Waals surface area contributed by atoms with Gasteiger partial charge >= 0.3 is 0 Å². The molecule has 1 aliphatic rings. The summed E-state index contributed by atoms with van der Waals surface area (Å²) in [6, 6.07) is 0.815. The molecule has 0 aliphatic heterocycles. The predicted octanol–water partition coefficient (Wildman–Crippen LogP) is 2.65. The van der Waals surface area contributed by atoms with E-state index < -0.39 is 0 Å². The Morgan fingerprint density at radius 1 is 1.60 bits per heavy atom. The highest BCUT2D eigenvalue weighted by molar-refractivity contribution is 9.10. The van der Waals surface area contributed by atoms with E-state index in [1.165, 1.54) is 25.7 Å². The molecule has 1 fully saturated rings. The zero-order valence-corrected chi connectivity index (χ0v) is 10.7. The first-order chi connectivity index (χ1) is 7.18. The van der Waals surface area contributed by atoms with Gasteiger partial charge in [-0.05, 0) is 35.7 Å². The van der Waals surface area contributed by atoms with Gasteiger partial charge in [-0.25, -0.2) is 4.98 Å². The van der Waals surface area contributed by atoms with E-state index in [-0.39, 0.29) is 6.04 Å². The Kier molecular flexibility index (Phi) is 3.46. The van der Waals surface area contributed by atoms with Crippen molar-refractivity contribution in [3.8, 4) is 0 Å². The van der Waals surface area contributed by atoms with Crippen LogP contribution in [-0.4, -0.2) is 15.6 Å². The van der Waals surface area contributed by atoms with Gasteiger partial charge in [0.2, 0.25) is 0 Å². The van der Waals surface area contributed by atoms with Crippen LogP contribution < -0.4 is 5.73 Å². The molecule has 2 N–H and O–H groups in total. The molecule has 1 saturated carbocycles. The smallest absolute Gasteiger partial charge is 0.111 e. The summed E-state index contributed by atoms with van der Waals surface area (Å²) >= 11 is 3.58. The first kappa shape index (κ1) is 11.1. The molecule has 2 rings (SSSR count). The van der Waals surface area contributed by atoms with E-state index in [0.717, 1.165) is 16.8 Å². The maximum atomic E-state index is 5.83. The normalized spacial score (nSPS) is 19.7. The molecule has 0 spiro atoms. The van der Waals surface area contributed by atoms with E-state index in [2.05, 4.69) is 25.5 Å². The molecular formula is C11H18BrN3. The second kappa shape index (κ2) is 4.66. The third kappa shape index (κ3) is 2.42. The summed E-state index contributed by atoms with van der Waals surface area (Å²) in [6.45, 7) is 2.03. The van der Waals surface area contributed by atoms with Crippen LogP contribution in [0.5, 0.6) is 0 Å². The van der Waals surface area contributed by atoms with Crippen LogP contribution in [0.4, 0.5) is 0 Å². The van der Waals surface area contributed by atoms with Crippen LogP contribution in [0.2, 0.25) is 0 Å². The Hall–Kier alpha value is -0.350. The van der Waals surface area contributed by atoms with Crippen LogP contribution in [0.3, 0.4) is 0 Å². The van der Waals surface area contributed by atoms with E-state index in [1.54, 1.807) is 0 Å². The number of hydrogen-bond donors (Lipinski definition) is 1. The van der Waals surface area contributed by atoms with Gasteiger partial charge < -0.3 is 10.3 Å². The Labute approximate surface area is 99.2 Å². The maximum absolute atomic E-state index is 5.83. The zero-order chi connectivity index (χ0) is 10.8. The van der Waals surface area contributed by atoms with Crippen LogP contribution >= 0.6 is 15.9 Å². The number of rotatable bonds is 3. The Morgan fingerprint density at radius 2 is 2.27 bits per heavy atom. The molecule has 1 aliphatic carbocycles. The molecule has 15 heavy (non-hydrogen) atoms. The van der Waals surface area contributed by atoms with Crippen LogP contribution in [0.25, 0.3) is 0 Å². The summed E-state index contributed by atoms with van der Waals surface area (Å²) in [5.74, 6) is 1.13. The number of nitrogens with two attached hydrogens (primary N) is 1. The second-order valence-electron chi connectivity index (χ2n) is 4.49. The molecule has 0 bridgehead atoms. The highest BCUT2D eigenvalue weighted by Gasteiger charge is 2.21. The van der Waals surface area contributed by atoms with Crippen molar-refractivity contribution in [2.45, 2.75) is 51.1 Å². The fourth-order valence-corrected chi connectivity index (χ4v) is 2.96. The van der Waals surface area contributed by atoms with Gasteiger partial charge in [-0.15, -0.1) is 0 Å². The van der Waals surface area contributed by atoms with E-state index in [4.69, 9.17) is 5.73 Å². The molecule has 3 nitrogen and oxygen atoms in total. The highest BCUT2D eigenvalue weighted by atomic mass is 79.9. The molecule has 4 heteroatoms. The fraction of sp³-hybridized carbons (Fsp3) is 0.727. The van der Waals surface area contributed by atoms with Crippen molar-refractivity contribution in [1.82, 2.24) is 9.55 Å². The van der Waals surface area contributed by atoms with Crippen molar-refractivity contribution in [3.05, 3.63) is 16.6 Å². The van der Waals surface area contributed by atoms with Crippen molar-refractivity contribution >= 4 is 15.9 Å². The standard InChI is InChI=1S/C11H18BrN3/c1-8(13)6-11-14-7-10(12)15(11)9-4-2-3-5-9/h7-9H,2-6,13H2,1H3. The lowest BCUT2D eigenvalue weighted by molar-refractivity contribution is 0.482. The highest BCUT2D eigenvalue weighted by Crippen LogP contribution is 2.33. The van der Waals surface area contributed by atoms with E-state index in [1.807, 2.05) is 13.1 Å². The summed E-state index contributed by atoms with van der Waals surface area (Å²) in [7, 11) is 0. The Balaban J connectivity index is 2.22. The Bertz CT molecular complexity index is 327. The summed E-state index contributed by atoms with van der Waals surface area (Å²) in [4.78, 5) is 4.44. The van der Waals surface area contributed by atoms with Gasteiger partial charge in [-0.1, -0.05) is 12.8 Å². The maximum Gasteiger partial charge on any atom is 0.111 e. The third-order valence-corrected chi connectivity index (χ3v) is 3.61. The SMILES string of the molecule is CC(N)Cc1ncc(Br)n1C1CCCC1. The first-order valence-electron chi connectivity index (χ1n) is 5.65. The number of hydrogen-bond acceptors (Lipinski definition) is 2. The molecule has 0 saturated heterocycles. The minimum absolute atomic E-state index is 0.180. The first-order valence-corrected chi connectivity index (χ1v) is 6.45.